The highest BCUT2D eigenvalue weighted by Crippen LogP contribution is 2.33. The monoisotopic (exact) mass is 271 g/mol. The summed E-state index contributed by atoms with van der Waals surface area (Å²) in [5.41, 5.74) is 7.83. The molecule has 0 spiro atoms. The smallest absolute Gasteiger partial charge is 0.192 e. The summed E-state index contributed by atoms with van der Waals surface area (Å²) in [6.07, 6.45) is 1.58. The summed E-state index contributed by atoms with van der Waals surface area (Å²) >= 11 is 0. The van der Waals surface area contributed by atoms with E-state index in [4.69, 9.17) is 5.73 Å². The van der Waals surface area contributed by atoms with E-state index in [-0.39, 0.29) is 5.54 Å². The summed E-state index contributed by atoms with van der Waals surface area (Å²) in [6, 6.07) is 8.14. The van der Waals surface area contributed by atoms with Gasteiger partial charge in [-0.25, -0.2) is 4.68 Å². The minimum absolute atomic E-state index is 0.219. The number of nitrogens with two attached hydrogens (primary N) is 1. The Morgan fingerprint density at radius 3 is 2.95 bits per heavy atom. The lowest BCUT2D eigenvalue weighted by atomic mass is 9.90. The van der Waals surface area contributed by atoms with Crippen molar-refractivity contribution >= 4 is 5.96 Å². The molecule has 0 amide bonds. The van der Waals surface area contributed by atoms with Crippen LogP contribution in [0.2, 0.25) is 0 Å². The Balaban J connectivity index is 2.01. The highest BCUT2D eigenvalue weighted by molar-refractivity contribution is 5.81. The van der Waals surface area contributed by atoms with E-state index in [0.29, 0.717) is 12.5 Å². The number of nitrogens with zero attached hydrogens (tertiary/aromatic N) is 6. The Kier molecular flexibility index (Phi) is 2.89. The van der Waals surface area contributed by atoms with Crippen LogP contribution in [0.25, 0.3) is 5.69 Å². The lowest BCUT2D eigenvalue weighted by Crippen LogP contribution is -2.47. The van der Waals surface area contributed by atoms with Crippen LogP contribution in [-0.4, -0.2) is 44.2 Å². The number of benzene rings is 1. The van der Waals surface area contributed by atoms with Crippen molar-refractivity contribution in [2.45, 2.75) is 19.4 Å². The minimum Gasteiger partial charge on any atom is -0.370 e. The van der Waals surface area contributed by atoms with Crippen LogP contribution in [0.3, 0.4) is 0 Å². The molecule has 2 aromatic rings. The second kappa shape index (κ2) is 4.59. The van der Waals surface area contributed by atoms with E-state index >= 15 is 0 Å². The van der Waals surface area contributed by atoms with Gasteiger partial charge in [0.05, 0.1) is 17.8 Å². The topological polar surface area (TPSA) is 85.2 Å². The van der Waals surface area contributed by atoms with Crippen LogP contribution in [0.5, 0.6) is 0 Å². The second-order valence-corrected chi connectivity index (χ2v) is 5.00. The van der Waals surface area contributed by atoms with Gasteiger partial charge < -0.3 is 10.6 Å². The Hall–Kier alpha value is -2.44. The highest BCUT2D eigenvalue weighted by atomic mass is 15.5. The zero-order chi connectivity index (χ0) is 14.2. The van der Waals surface area contributed by atoms with Crippen molar-refractivity contribution in [3.05, 3.63) is 36.2 Å². The molecule has 7 nitrogen and oxygen atoms in total. The van der Waals surface area contributed by atoms with E-state index < -0.39 is 0 Å². The van der Waals surface area contributed by atoms with Gasteiger partial charge in [-0.2, -0.15) is 0 Å². The standard InChI is InChI=1S/C13H17N7/c1-3-19-12(14)15-8-13(19,2)10-5-4-6-11(7-10)20-9-16-17-18-20/h4-7,9H,3,8H2,1-2H3,(H2,14,15). The number of guanidine groups is 1. The van der Waals surface area contributed by atoms with Crippen molar-refractivity contribution in [1.82, 2.24) is 25.1 Å². The van der Waals surface area contributed by atoms with Crippen LogP contribution in [0.15, 0.2) is 35.6 Å². The van der Waals surface area contributed by atoms with Crippen LogP contribution in [-0.2, 0) is 5.54 Å². The van der Waals surface area contributed by atoms with Gasteiger partial charge in [-0.3, -0.25) is 4.99 Å². The molecule has 1 atom stereocenters. The predicted molar refractivity (Wildman–Crippen MR) is 75.4 cm³/mol. The zero-order valence-electron chi connectivity index (χ0n) is 11.6. The Labute approximate surface area is 117 Å². The SMILES string of the molecule is CCN1C(N)=NCC1(C)c1cccc(-n2cnnn2)c1. The zero-order valence-corrected chi connectivity index (χ0v) is 11.6. The molecule has 0 radical (unpaired) electrons. The molecule has 1 aromatic carbocycles. The van der Waals surface area contributed by atoms with Gasteiger partial charge in [-0.15, -0.1) is 5.10 Å². The fourth-order valence-electron chi connectivity index (χ4n) is 2.68. The first-order chi connectivity index (χ1) is 9.65. The molecule has 0 saturated heterocycles. The van der Waals surface area contributed by atoms with Gasteiger partial charge in [0.15, 0.2) is 5.96 Å². The maximum absolute atomic E-state index is 5.97. The molecule has 0 aliphatic carbocycles. The van der Waals surface area contributed by atoms with Crippen LogP contribution < -0.4 is 5.73 Å². The summed E-state index contributed by atoms with van der Waals surface area (Å²) in [4.78, 5) is 6.50. The van der Waals surface area contributed by atoms with Crippen LogP contribution in [0.1, 0.15) is 19.4 Å². The molecule has 2 N–H and O–H groups in total. The maximum atomic E-state index is 5.97. The molecule has 0 fully saturated rings. The predicted octanol–water partition coefficient (Wildman–Crippen LogP) is 0.528. The van der Waals surface area contributed by atoms with Gasteiger partial charge in [0, 0.05) is 6.54 Å². The van der Waals surface area contributed by atoms with Gasteiger partial charge in [0.1, 0.15) is 6.33 Å². The van der Waals surface area contributed by atoms with Crippen molar-refractivity contribution in [1.29, 1.82) is 0 Å². The number of likely N-dealkylation sites (N-methyl/N-ethyl adjacent to an activating group) is 1. The third kappa shape index (κ3) is 1.82. The molecule has 0 saturated carbocycles. The van der Waals surface area contributed by atoms with Gasteiger partial charge >= 0.3 is 0 Å². The summed E-state index contributed by atoms with van der Waals surface area (Å²) < 4.78 is 1.64. The van der Waals surface area contributed by atoms with Gasteiger partial charge in [0.2, 0.25) is 0 Å². The van der Waals surface area contributed by atoms with E-state index in [9.17, 15) is 0 Å². The van der Waals surface area contributed by atoms with E-state index in [1.807, 2.05) is 12.1 Å². The van der Waals surface area contributed by atoms with E-state index in [2.05, 4.69) is 51.4 Å². The molecule has 2 heterocycles. The van der Waals surface area contributed by atoms with Crippen LogP contribution in [0.4, 0.5) is 0 Å². The van der Waals surface area contributed by atoms with Crippen molar-refractivity contribution in [2.24, 2.45) is 10.7 Å². The molecule has 0 bridgehead atoms. The number of rotatable bonds is 3. The molecule has 1 aliphatic rings. The molecule has 3 rings (SSSR count). The highest BCUT2D eigenvalue weighted by Gasteiger charge is 2.38. The lowest BCUT2D eigenvalue weighted by Gasteiger charge is -2.36. The Morgan fingerprint density at radius 1 is 1.40 bits per heavy atom. The number of aromatic nitrogens is 4. The van der Waals surface area contributed by atoms with Crippen LogP contribution >= 0.6 is 0 Å². The van der Waals surface area contributed by atoms with Gasteiger partial charge in [0.25, 0.3) is 0 Å². The number of hydrogen-bond acceptors (Lipinski definition) is 6. The van der Waals surface area contributed by atoms with Crippen molar-refractivity contribution < 1.29 is 0 Å². The molecular weight excluding hydrogens is 254 g/mol. The largest absolute Gasteiger partial charge is 0.370 e. The van der Waals surface area contributed by atoms with Crippen molar-refractivity contribution in [3.63, 3.8) is 0 Å². The van der Waals surface area contributed by atoms with E-state index in [1.54, 1.807) is 11.0 Å². The molecule has 1 aliphatic heterocycles. The minimum atomic E-state index is -0.219. The molecule has 1 unspecified atom stereocenters. The summed E-state index contributed by atoms with van der Waals surface area (Å²) in [5.74, 6) is 0.600. The van der Waals surface area contributed by atoms with Crippen LogP contribution in [0, 0.1) is 0 Å². The fraction of sp³-hybridized carbons (Fsp3) is 0.385. The first-order valence-corrected chi connectivity index (χ1v) is 6.56. The molecule has 1 aromatic heterocycles. The molecular formula is C13H17N7. The number of aliphatic imine (C=N–C) groups is 1. The fourth-order valence-corrected chi connectivity index (χ4v) is 2.68. The summed E-state index contributed by atoms with van der Waals surface area (Å²) in [6.45, 7) is 5.71. The average Bonchev–Trinajstić information content (AvgIpc) is 3.08. The van der Waals surface area contributed by atoms with Crippen molar-refractivity contribution in [3.8, 4) is 5.69 Å². The normalized spacial score (nSPS) is 22.1. The first kappa shape index (κ1) is 12.6. The summed E-state index contributed by atoms with van der Waals surface area (Å²) in [5, 5.41) is 11.3. The third-order valence-electron chi connectivity index (χ3n) is 3.82. The maximum Gasteiger partial charge on any atom is 0.192 e. The third-order valence-corrected chi connectivity index (χ3v) is 3.82. The number of tetrazole rings is 1. The van der Waals surface area contributed by atoms with Crippen molar-refractivity contribution in [2.75, 3.05) is 13.1 Å². The lowest BCUT2D eigenvalue weighted by molar-refractivity contribution is 0.235. The van der Waals surface area contributed by atoms with Gasteiger partial charge in [-0.1, -0.05) is 12.1 Å². The Bertz CT molecular complexity index is 634. The quantitative estimate of drug-likeness (QED) is 0.880. The first-order valence-electron chi connectivity index (χ1n) is 6.56. The second-order valence-electron chi connectivity index (χ2n) is 5.00. The average molecular weight is 271 g/mol. The summed E-state index contributed by atoms with van der Waals surface area (Å²) in [7, 11) is 0. The number of hydrogen-bond donors (Lipinski definition) is 1. The van der Waals surface area contributed by atoms with E-state index in [1.165, 1.54) is 0 Å². The van der Waals surface area contributed by atoms with E-state index in [0.717, 1.165) is 17.8 Å². The Morgan fingerprint density at radius 2 is 2.25 bits per heavy atom. The molecule has 7 heteroatoms. The molecule has 20 heavy (non-hydrogen) atoms. The molecule has 104 valence electrons. The van der Waals surface area contributed by atoms with Gasteiger partial charge in [-0.05, 0) is 42.0 Å².